The number of piperidine rings is 1. The number of hydrogen-bond donors (Lipinski definition) is 1. The molecule has 3 nitrogen and oxygen atoms in total. The van der Waals surface area contributed by atoms with Crippen molar-refractivity contribution in [1.29, 1.82) is 0 Å². The average molecular weight is 284 g/mol. The maximum Gasteiger partial charge on any atom is 0.0777 e. The topological polar surface area (TPSA) is 38.5 Å². The Morgan fingerprint density at radius 2 is 1.95 bits per heavy atom. The maximum absolute atomic E-state index is 6.13. The van der Waals surface area contributed by atoms with Crippen LogP contribution in [0.2, 0.25) is 0 Å². The Balaban J connectivity index is 2.49. The smallest absolute Gasteiger partial charge is 0.0777 e. The number of likely N-dealkylation sites (tertiary alicyclic amines) is 1. The molecule has 3 heteroatoms. The number of rotatable bonds is 9. The quantitative estimate of drug-likeness (QED) is 0.658. The molecular formula is C17H36N2O. The van der Waals surface area contributed by atoms with E-state index in [1.807, 2.05) is 7.11 Å². The molecule has 0 saturated carbocycles. The number of methoxy groups -OCH3 is 1. The van der Waals surface area contributed by atoms with Gasteiger partial charge in [0.1, 0.15) is 0 Å². The van der Waals surface area contributed by atoms with Crippen molar-refractivity contribution < 1.29 is 4.74 Å². The third kappa shape index (κ3) is 5.01. The lowest BCUT2D eigenvalue weighted by atomic mass is 9.86. The van der Waals surface area contributed by atoms with Crippen LogP contribution >= 0.6 is 0 Å². The zero-order valence-corrected chi connectivity index (χ0v) is 14.2. The van der Waals surface area contributed by atoms with Crippen LogP contribution in [0.5, 0.6) is 0 Å². The third-order valence-electron chi connectivity index (χ3n) is 5.17. The molecule has 1 saturated heterocycles. The summed E-state index contributed by atoms with van der Waals surface area (Å²) in [5.74, 6) is 0. The van der Waals surface area contributed by atoms with E-state index < -0.39 is 0 Å². The minimum Gasteiger partial charge on any atom is -0.377 e. The van der Waals surface area contributed by atoms with Crippen molar-refractivity contribution in [2.24, 2.45) is 5.73 Å². The highest BCUT2D eigenvalue weighted by atomic mass is 16.5. The molecule has 2 N–H and O–H groups in total. The Labute approximate surface area is 126 Å². The molecule has 2 atom stereocenters. The largest absolute Gasteiger partial charge is 0.377 e. The second-order valence-corrected chi connectivity index (χ2v) is 7.04. The van der Waals surface area contributed by atoms with Crippen LogP contribution in [0, 0.1) is 0 Å². The molecule has 0 aromatic rings. The molecule has 1 aliphatic heterocycles. The molecule has 0 amide bonds. The van der Waals surface area contributed by atoms with Gasteiger partial charge in [0, 0.05) is 25.7 Å². The van der Waals surface area contributed by atoms with E-state index in [0.29, 0.717) is 0 Å². The van der Waals surface area contributed by atoms with Crippen molar-refractivity contribution in [2.75, 3.05) is 26.7 Å². The van der Waals surface area contributed by atoms with Gasteiger partial charge in [-0.2, -0.15) is 0 Å². The van der Waals surface area contributed by atoms with E-state index in [2.05, 4.69) is 25.7 Å². The molecule has 0 aromatic heterocycles. The first-order valence-electron chi connectivity index (χ1n) is 8.50. The Bertz CT molecular complexity index is 272. The van der Waals surface area contributed by atoms with Gasteiger partial charge >= 0.3 is 0 Å². The third-order valence-corrected chi connectivity index (χ3v) is 5.17. The molecule has 1 rings (SSSR count). The minimum atomic E-state index is 0.0108. The van der Waals surface area contributed by atoms with Crippen LogP contribution in [0.15, 0.2) is 0 Å². The van der Waals surface area contributed by atoms with E-state index >= 15 is 0 Å². The zero-order valence-electron chi connectivity index (χ0n) is 14.2. The van der Waals surface area contributed by atoms with Crippen LogP contribution in [0.4, 0.5) is 0 Å². The van der Waals surface area contributed by atoms with Crippen molar-refractivity contribution in [3.8, 4) is 0 Å². The molecule has 1 fully saturated rings. The molecule has 1 aliphatic rings. The Morgan fingerprint density at radius 3 is 2.55 bits per heavy atom. The van der Waals surface area contributed by atoms with Gasteiger partial charge in [-0.3, -0.25) is 4.90 Å². The maximum atomic E-state index is 6.13. The molecule has 20 heavy (non-hydrogen) atoms. The first kappa shape index (κ1) is 17.9. The molecule has 1 heterocycles. The van der Waals surface area contributed by atoms with Crippen molar-refractivity contribution in [3.63, 3.8) is 0 Å². The van der Waals surface area contributed by atoms with Gasteiger partial charge in [0.2, 0.25) is 0 Å². The highest BCUT2D eigenvalue weighted by Crippen LogP contribution is 2.31. The molecule has 0 radical (unpaired) electrons. The summed E-state index contributed by atoms with van der Waals surface area (Å²) in [6, 6.07) is 0. The molecule has 0 spiro atoms. The summed E-state index contributed by atoms with van der Waals surface area (Å²) >= 11 is 0. The van der Waals surface area contributed by atoms with Crippen LogP contribution in [-0.2, 0) is 4.74 Å². The Hall–Kier alpha value is -0.120. The fourth-order valence-electron chi connectivity index (χ4n) is 3.33. The molecular weight excluding hydrogens is 248 g/mol. The number of hydrogen-bond acceptors (Lipinski definition) is 3. The first-order chi connectivity index (χ1) is 9.49. The van der Waals surface area contributed by atoms with Gasteiger partial charge in [0.05, 0.1) is 5.60 Å². The SMILES string of the molecule is CCCCCCCC(C)(CN)N1CCCC(C)(OC)C1. The van der Waals surface area contributed by atoms with Crippen molar-refractivity contribution >= 4 is 0 Å². The standard InChI is InChI=1S/C17H36N2O/c1-5-6-7-8-9-11-16(2,14-18)19-13-10-12-17(3,15-19)20-4/h5-15,18H2,1-4H3. The van der Waals surface area contributed by atoms with E-state index in [4.69, 9.17) is 10.5 Å². The van der Waals surface area contributed by atoms with E-state index in [1.54, 1.807) is 0 Å². The second-order valence-electron chi connectivity index (χ2n) is 7.04. The lowest BCUT2D eigenvalue weighted by molar-refractivity contribution is -0.0785. The van der Waals surface area contributed by atoms with Crippen LogP contribution in [0.25, 0.3) is 0 Å². The summed E-state index contributed by atoms with van der Waals surface area (Å²) in [6.07, 6.45) is 10.3. The van der Waals surface area contributed by atoms with Gasteiger partial charge in [-0.15, -0.1) is 0 Å². The number of unbranched alkanes of at least 4 members (excludes halogenated alkanes) is 4. The predicted molar refractivity (Wildman–Crippen MR) is 87.1 cm³/mol. The first-order valence-corrected chi connectivity index (χ1v) is 8.50. The molecule has 0 bridgehead atoms. The highest BCUT2D eigenvalue weighted by Gasteiger charge is 2.38. The van der Waals surface area contributed by atoms with Crippen LogP contribution < -0.4 is 5.73 Å². The van der Waals surface area contributed by atoms with E-state index in [-0.39, 0.29) is 11.1 Å². The average Bonchev–Trinajstić information content (AvgIpc) is 2.47. The molecule has 2 unspecified atom stereocenters. The predicted octanol–water partition coefficient (Wildman–Crippen LogP) is 3.57. The van der Waals surface area contributed by atoms with Crippen LogP contribution in [-0.4, -0.2) is 42.8 Å². The van der Waals surface area contributed by atoms with Crippen LogP contribution in [0.1, 0.15) is 72.1 Å². The molecule has 0 aliphatic carbocycles. The molecule has 120 valence electrons. The summed E-state index contributed by atoms with van der Waals surface area (Å²) in [5.41, 5.74) is 6.28. The second kappa shape index (κ2) is 8.35. The number of ether oxygens (including phenoxy) is 1. The Morgan fingerprint density at radius 1 is 1.25 bits per heavy atom. The lowest BCUT2D eigenvalue weighted by Crippen LogP contribution is -2.59. The van der Waals surface area contributed by atoms with Gasteiger partial charge in [-0.05, 0) is 39.7 Å². The highest BCUT2D eigenvalue weighted by molar-refractivity contribution is 4.94. The van der Waals surface area contributed by atoms with E-state index in [0.717, 1.165) is 19.5 Å². The number of nitrogens with zero attached hydrogens (tertiary/aromatic N) is 1. The Kier molecular flexibility index (Phi) is 7.49. The lowest BCUT2D eigenvalue weighted by Gasteiger charge is -2.48. The zero-order chi connectivity index (χ0) is 15.1. The fraction of sp³-hybridized carbons (Fsp3) is 1.00. The monoisotopic (exact) mass is 284 g/mol. The van der Waals surface area contributed by atoms with E-state index in [1.165, 1.54) is 51.5 Å². The van der Waals surface area contributed by atoms with Gasteiger partial charge < -0.3 is 10.5 Å². The summed E-state index contributed by atoms with van der Waals surface area (Å²) < 4.78 is 5.72. The summed E-state index contributed by atoms with van der Waals surface area (Å²) in [4.78, 5) is 2.58. The normalized spacial score (nSPS) is 27.4. The number of nitrogens with two attached hydrogens (primary N) is 1. The van der Waals surface area contributed by atoms with Crippen molar-refractivity contribution in [3.05, 3.63) is 0 Å². The van der Waals surface area contributed by atoms with Gasteiger partial charge in [-0.1, -0.05) is 39.0 Å². The summed E-state index contributed by atoms with van der Waals surface area (Å²) in [5, 5.41) is 0. The van der Waals surface area contributed by atoms with Crippen LogP contribution in [0.3, 0.4) is 0 Å². The van der Waals surface area contributed by atoms with E-state index in [9.17, 15) is 0 Å². The van der Waals surface area contributed by atoms with Gasteiger partial charge in [0.15, 0.2) is 0 Å². The minimum absolute atomic E-state index is 0.0108. The fourth-order valence-corrected chi connectivity index (χ4v) is 3.33. The van der Waals surface area contributed by atoms with Gasteiger partial charge in [-0.25, -0.2) is 0 Å². The van der Waals surface area contributed by atoms with Crippen molar-refractivity contribution in [1.82, 2.24) is 4.90 Å². The van der Waals surface area contributed by atoms with Gasteiger partial charge in [0.25, 0.3) is 0 Å². The van der Waals surface area contributed by atoms with Crippen molar-refractivity contribution in [2.45, 2.75) is 83.3 Å². The summed E-state index contributed by atoms with van der Waals surface area (Å²) in [6.45, 7) is 9.78. The summed E-state index contributed by atoms with van der Waals surface area (Å²) in [7, 11) is 1.84. The molecule has 0 aromatic carbocycles.